The van der Waals surface area contributed by atoms with Crippen molar-refractivity contribution in [1.29, 1.82) is 0 Å². The first-order valence-corrected chi connectivity index (χ1v) is 7.32. The van der Waals surface area contributed by atoms with Crippen molar-refractivity contribution in [2.24, 2.45) is 11.8 Å². The van der Waals surface area contributed by atoms with E-state index in [0.717, 1.165) is 0 Å². The molecule has 1 aromatic carbocycles. The van der Waals surface area contributed by atoms with Gasteiger partial charge in [-0.15, -0.1) is 0 Å². The lowest BCUT2D eigenvalue weighted by Crippen LogP contribution is -2.32. The van der Waals surface area contributed by atoms with Gasteiger partial charge in [-0.2, -0.15) is 0 Å². The molecule has 6 nitrogen and oxygen atoms in total. The lowest BCUT2D eigenvalue weighted by atomic mass is 9.83. The van der Waals surface area contributed by atoms with Crippen LogP contribution in [0.15, 0.2) is 30.4 Å². The van der Waals surface area contributed by atoms with Crippen molar-refractivity contribution in [3.63, 3.8) is 0 Å². The summed E-state index contributed by atoms with van der Waals surface area (Å²) < 4.78 is 15.8. The fourth-order valence-electron chi connectivity index (χ4n) is 2.67. The molecular weight excluding hydrogens is 300 g/mol. The average molecular weight is 320 g/mol. The predicted octanol–water partition coefficient (Wildman–Crippen LogP) is 2.41. The van der Waals surface area contributed by atoms with Crippen molar-refractivity contribution in [1.82, 2.24) is 0 Å². The minimum atomic E-state index is -0.977. The Hall–Kier alpha value is -2.50. The third-order valence-corrected chi connectivity index (χ3v) is 3.91. The van der Waals surface area contributed by atoms with Gasteiger partial charge in [-0.05, 0) is 18.9 Å². The van der Waals surface area contributed by atoms with Crippen molar-refractivity contribution in [3.8, 4) is 11.5 Å². The van der Waals surface area contributed by atoms with E-state index in [0.29, 0.717) is 29.9 Å². The van der Waals surface area contributed by atoms with Gasteiger partial charge < -0.3 is 19.3 Å². The maximum absolute atomic E-state index is 12.2. The molecule has 0 spiro atoms. The number of carbonyl (C=O) groups excluding carboxylic acids is 1. The van der Waals surface area contributed by atoms with Crippen LogP contribution in [-0.4, -0.2) is 31.3 Å². The molecule has 2 atom stereocenters. The van der Waals surface area contributed by atoms with Gasteiger partial charge in [-0.25, -0.2) is 0 Å². The van der Waals surface area contributed by atoms with Crippen LogP contribution in [0.4, 0.5) is 0 Å². The second-order valence-electron chi connectivity index (χ2n) is 5.25. The van der Waals surface area contributed by atoms with E-state index in [1.165, 1.54) is 14.2 Å². The Morgan fingerprint density at radius 3 is 2.43 bits per heavy atom. The lowest BCUT2D eigenvalue weighted by molar-refractivity contribution is -0.158. The minimum absolute atomic E-state index is 0.00571. The van der Waals surface area contributed by atoms with Gasteiger partial charge in [0.25, 0.3) is 0 Å². The van der Waals surface area contributed by atoms with E-state index >= 15 is 0 Å². The molecule has 1 N–H and O–H groups in total. The monoisotopic (exact) mass is 320 g/mol. The number of methoxy groups -OCH3 is 2. The Labute approximate surface area is 134 Å². The number of benzene rings is 1. The Morgan fingerprint density at radius 2 is 1.83 bits per heavy atom. The quantitative estimate of drug-likeness (QED) is 0.640. The zero-order chi connectivity index (χ0) is 16.8. The van der Waals surface area contributed by atoms with E-state index in [4.69, 9.17) is 14.2 Å². The molecule has 124 valence electrons. The molecule has 0 fully saturated rings. The van der Waals surface area contributed by atoms with Crippen molar-refractivity contribution < 1.29 is 28.9 Å². The summed E-state index contributed by atoms with van der Waals surface area (Å²) in [4.78, 5) is 23.5. The van der Waals surface area contributed by atoms with Crippen LogP contribution < -0.4 is 9.47 Å². The van der Waals surface area contributed by atoms with Crippen LogP contribution in [0, 0.1) is 11.8 Å². The molecule has 23 heavy (non-hydrogen) atoms. The molecule has 0 amide bonds. The maximum Gasteiger partial charge on any atom is 0.310 e. The third-order valence-electron chi connectivity index (χ3n) is 3.91. The number of carbonyl (C=O) groups is 2. The molecule has 0 bridgehead atoms. The molecule has 1 aliphatic rings. The van der Waals surface area contributed by atoms with Crippen LogP contribution in [-0.2, 0) is 20.9 Å². The van der Waals surface area contributed by atoms with Crippen LogP contribution in [0.25, 0.3) is 0 Å². The number of aliphatic carboxylic acids is 1. The molecule has 2 rings (SSSR count). The first-order valence-electron chi connectivity index (χ1n) is 7.32. The van der Waals surface area contributed by atoms with Crippen LogP contribution in [0.5, 0.6) is 11.5 Å². The summed E-state index contributed by atoms with van der Waals surface area (Å²) >= 11 is 0. The number of carboxylic acid groups (broad SMARTS) is 1. The van der Waals surface area contributed by atoms with Gasteiger partial charge in [0.1, 0.15) is 6.61 Å². The van der Waals surface area contributed by atoms with Gasteiger partial charge in [0.2, 0.25) is 0 Å². The highest BCUT2D eigenvalue weighted by Crippen LogP contribution is 2.32. The van der Waals surface area contributed by atoms with Gasteiger partial charge in [0.15, 0.2) is 11.5 Å². The van der Waals surface area contributed by atoms with Crippen molar-refractivity contribution in [3.05, 3.63) is 35.9 Å². The van der Waals surface area contributed by atoms with Gasteiger partial charge >= 0.3 is 11.9 Å². The van der Waals surface area contributed by atoms with E-state index in [1.54, 1.807) is 24.3 Å². The van der Waals surface area contributed by atoms with Crippen LogP contribution in [0.3, 0.4) is 0 Å². The maximum atomic E-state index is 12.2. The van der Waals surface area contributed by atoms with E-state index in [2.05, 4.69) is 0 Å². The summed E-state index contributed by atoms with van der Waals surface area (Å²) in [6.07, 6.45) is 4.33. The number of ether oxygens (including phenoxy) is 3. The minimum Gasteiger partial charge on any atom is -0.493 e. The second-order valence-corrected chi connectivity index (χ2v) is 5.25. The molecule has 1 aromatic rings. The van der Waals surface area contributed by atoms with Crippen molar-refractivity contribution in [2.75, 3.05) is 14.2 Å². The molecule has 0 saturated carbocycles. The van der Waals surface area contributed by atoms with Crippen LogP contribution in [0.1, 0.15) is 18.4 Å². The Bertz CT molecular complexity index is 607. The van der Waals surface area contributed by atoms with Gasteiger partial charge in [0.05, 0.1) is 26.1 Å². The van der Waals surface area contributed by atoms with Crippen molar-refractivity contribution >= 4 is 11.9 Å². The zero-order valence-corrected chi connectivity index (χ0v) is 13.2. The smallest absolute Gasteiger partial charge is 0.310 e. The SMILES string of the molecule is COc1cccc(COC(=O)[C@@H]2CC=CC[C@H]2C(=O)O)c1OC. The molecule has 0 heterocycles. The number of rotatable bonds is 6. The van der Waals surface area contributed by atoms with E-state index in [1.807, 2.05) is 6.08 Å². The van der Waals surface area contributed by atoms with E-state index in [9.17, 15) is 14.7 Å². The molecule has 0 aromatic heterocycles. The largest absolute Gasteiger partial charge is 0.493 e. The summed E-state index contributed by atoms with van der Waals surface area (Å²) in [5.74, 6) is -1.83. The van der Waals surface area contributed by atoms with E-state index < -0.39 is 23.8 Å². The average Bonchev–Trinajstić information content (AvgIpc) is 2.58. The topological polar surface area (TPSA) is 82.1 Å². The normalized spacial score (nSPS) is 19.9. The molecule has 0 unspecified atom stereocenters. The van der Waals surface area contributed by atoms with Gasteiger partial charge in [-0.1, -0.05) is 24.3 Å². The molecule has 0 saturated heterocycles. The molecule has 0 aliphatic heterocycles. The number of para-hydroxylation sites is 1. The lowest BCUT2D eigenvalue weighted by Gasteiger charge is -2.23. The standard InChI is InChI=1S/C17H20O6/c1-21-14-9-5-6-11(15(14)22-2)10-23-17(20)13-8-4-3-7-12(13)16(18)19/h3-6,9,12-13H,7-8,10H2,1-2H3,(H,18,19)/t12-,13-/m1/s1. The fourth-order valence-corrected chi connectivity index (χ4v) is 2.67. The number of allylic oxidation sites excluding steroid dienone is 2. The first kappa shape index (κ1) is 16.9. The molecule has 0 radical (unpaired) electrons. The second kappa shape index (κ2) is 7.67. The number of carboxylic acids is 1. The third kappa shape index (κ3) is 3.83. The van der Waals surface area contributed by atoms with Gasteiger partial charge in [-0.3, -0.25) is 9.59 Å². The highest BCUT2D eigenvalue weighted by Gasteiger charge is 2.35. The fraction of sp³-hybridized carbons (Fsp3) is 0.412. The summed E-state index contributed by atoms with van der Waals surface area (Å²) in [6.45, 7) is 0.00571. The first-order chi connectivity index (χ1) is 11.1. The summed E-state index contributed by atoms with van der Waals surface area (Å²) in [5.41, 5.74) is 0.665. The van der Waals surface area contributed by atoms with Crippen LogP contribution >= 0.6 is 0 Å². The molecule has 1 aliphatic carbocycles. The number of esters is 1. The van der Waals surface area contributed by atoms with Crippen LogP contribution in [0.2, 0.25) is 0 Å². The molecular formula is C17H20O6. The molecule has 6 heteroatoms. The van der Waals surface area contributed by atoms with E-state index in [-0.39, 0.29) is 6.61 Å². The summed E-state index contributed by atoms with van der Waals surface area (Å²) in [7, 11) is 3.04. The summed E-state index contributed by atoms with van der Waals surface area (Å²) in [5, 5.41) is 9.22. The van der Waals surface area contributed by atoms with Crippen molar-refractivity contribution in [2.45, 2.75) is 19.4 Å². The predicted molar refractivity (Wildman–Crippen MR) is 82.3 cm³/mol. The zero-order valence-electron chi connectivity index (χ0n) is 13.2. The number of hydrogen-bond donors (Lipinski definition) is 1. The van der Waals surface area contributed by atoms with Gasteiger partial charge in [0, 0.05) is 5.56 Å². The highest BCUT2D eigenvalue weighted by atomic mass is 16.5. The Balaban J connectivity index is 2.07. The highest BCUT2D eigenvalue weighted by molar-refractivity contribution is 5.81. The number of hydrogen-bond acceptors (Lipinski definition) is 5. The Morgan fingerprint density at radius 1 is 1.13 bits per heavy atom. The Kier molecular flexibility index (Phi) is 5.62. The summed E-state index contributed by atoms with van der Waals surface area (Å²) in [6, 6.07) is 5.29.